The van der Waals surface area contributed by atoms with Crippen molar-refractivity contribution in [2.45, 2.75) is 18.6 Å². The van der Waals surface area contributed by atoms with Crippen LogP contribution in [0.3, 0.4) is 0 Å². The first-order valence-electron chi connectivity index (χ1n) is 9.31. The maximum absolute atomic E-state index is 13.4. The Labute approximate surface area is 168 Å². The molecule has 0 aliphatic carbocycles. The quantitative estimate of drug-likeness (QED) is 0.530. The van der Waals surface area contributed by atoms with Crippen molar-refractivity contribution in [3.05, 3.63) is 107 Å². The number of fused-ring (bicyclic) bond motifs is 3. The van der Waals surface area contributed by atoms with Crippen LogP contribution in [0.5, 0.6) is 5.75 Å². The lowest BCUT2D eigenvalue weighted by molar-refractivity contribution is 0.101. The predicted octanol–water partition coefficient (Wildman–Crippen LogP) is 5.82. The van der Waals surface area contributed by atoms with E-state index >= 15 is 0 Å². The van der Waals surface area contributed by atoms with Gasteiger partial charge in [0.25, 0.3) is 0 Å². The number of ether oxygens (including phenoxy) is 1. The van der Waals surface area contributed by atoms with Crippen molar-refractivity contribution in [1.29, 1.82) is 0 Å². The zero-order valence-electron chi connectivity index (χ0n) is 15.1. The molecule has 2 atom stereocenters. The van der Waals surface area contributed by atoms with E-state index in [0.29, 0.717) is 17.0 Å². The lowest BCUT2D eigenvalue weighted by Gasteiger charge is -2.33. The van der Waals surface area contributed by atoms with Crippen LogP contribution in [0.2, 0.25) is 5.02 Å². The molecule has 0 radical (unpaired) electrons. The molecule has 0 unspecified atom stereocenters. The highest BCUT2D eigenvalue weighted by atomic mass is 35.5. The molecule has 2 aliphatic heterocycles. The SMILES string of the molecule is O=C(C1=CN2c3ccccc3O[C@@H]2C[C@H]1c1ccccc1)c1ccc(Cl)cc1. The summed E-state index contributed by atoms with van der Waals surface area (Å²) in [7, 11) is 0. The molecule has 3 aromatic rings. The van der Waals surface area contributed by atoms with Gasteiger partial charge in [-0.25, -0.2) is 0 Å². The Morgan fingerprint density at radius 2 is 1.64 bits per heavy atom. The van der Waals surface area contributed by atoms with Crippen molar-refractivity contribution >= 4 is 23.1 Å². The van der Waals surface area contributed by atoms with Crippen LogP contribution in [0.25, 0.3) is 0 Å². The summed E-state index contributed by atoms with van der Waals surface area (Å²) in [6, 6.07) is 25.2. The lowest BCUT2D eigenvalue weighted by atomic mass is 9.82. The summed E-state index contributed by atoms with van der Waals surface area (Å²) in [4.78, 5) is 15.5. The van der Waals surface area contributed by atoms with E-state index in [4.69, 9.17) is 16.3 Å². The molecule has 0 amide bonds. The smallest absolute Gasteiger partial charge is 0.191 e. The molecule has 0 aromatic heterocycles. The van der Waals surface area contributed by atoms with Gasteiger partial charge in [0.05, 0.1) is 5.69 Å². The average Bonchev–Trinajstić information content (AvgIpc) is 3.11. The Morgan fingerprint density at radius 1 is 0.929 bits per heavy atom. The van der Waals surface area contributed by atoms with Crippen LogP contribution in [-0.4, -0.2) is 12.0 Å². The first-order chi connectivity index (χ1) is 13.7. The molecular formula is C24H18ClNO2. The molecule has 0 saturated carbocycles. The number of para-hydroxylation sites is 2. The average molecular weight is 388 g/mol. The summed E-state index contributed by atoms with van der Waals surface area (Å²) >= 11 is 6.01. The normalized spacial score (nSPS) is 20.0. The number of halogens is 1. The topological polar surface area (TPSA) is 29.5 Å². The molecule has 0 fully saturated rings. The summed E-state index contributed by atoms with van der Waals surface area (Å²) < 4.78 is 6.16. The minimum absolute atomic E-state index is 0.0216. The molecule has 0 spiro atoms. The largest absolute Gasteiger partial charge is 0.468 e. The van der Waals surface area contributed by atoms with Crippen molar-refractivity contribution in [2.75, 3.05) is 4.90 Å². The standard InChI is InChI=1S/C24H18ClNO2/c25-18-12-10-17(11-13-18)24(27)20-15-26-21-8-4-5-9-22(21)28-23(26)14-19(20)16-6-2-1-3-7-16/h1-13,15,19,23H,14H2/t19-,23+/m0/s1. The van der Waals surface area contributed by atoms with Crippen molar-refractivity contribution in [2.24, 2.45) is 0 Å². The van der Waals surface area contributed by atoms with Crippen LogP contribution in [0.4, 0.5) is 5.69 Å². The van der Waals surface area contributed by atoms with Gasteiger partial charge in [0.1, 0.15) is 5.75 Å². The zero-order chi connectivity index (χ0) is 19.1. The van der Waals surface area contributed by atoms with Crippen molar-refractivity contribution < 1.29 is 9.53 Å². The number of carbonyl (C=O) groups is 1. The maximum atomic E-state index is 13.4. The molecule has 5 rings (SSSR count). The van der Waals surface area contributed by atoms with Gasteiger partial charge in [-0.1, -0.05) is 54.1 Å². The molecule has 2 heterocycles. The number of hydrogen-bond acceptors (Lipinski definition) is 3. The van der Waals surface area contributed by atoms with Gasteiger partial charge in [-0.15, -0.1) is 0 Å². The highest BCUT2D eigenvalue weighted by Crippen LogP contribution is 2.45. The van der Waals surface area contributed by atoms with E-state index in [1.54, 1.807) is 24.3 Å². The van der Waals surface area contributed by atoms with E-state index in [9.17, 15) is 4.79 Å². The number of rotatable bonds is 3. The van der Waals surface area contributed by atoms with Gasteiger partial charge in [-0.3, -0.25) is 4.79 Å². The lowest BCUT2D eigenvalue weighted by Crippen LogP contribution is -2.38. The Kier molecular flexibility index (Phi) is 4.18. The Morgan fingerprint density at radius 3 is 2.43 bits per heavy atom. The molecule has 4 heteroatoms. The minimum atomic E-state index is -0.107. The van der Waals surface area contributed by atoms with E-state index in [1.165, 1.54) is 0 Å². The van der Waals surface area contributed by atoms with E-state index in [0.717, 1.165) is 22.6 Å². The highest BCUT2D eigenvalue weighted by molar-refractivity contribution is 6.30. The molecule has 3 aromatic carbocycles. The predicted molar refractivity (Wildman–Crippen MR) is 111 cm³/mol. The fourth-order valence-corrected chi connectivity index (χ4v) is 4.12. The van der Waals surface area contributed by atoms with Gasteiger partial charge >= 0.3 is 0 Å². The number of ketones is 1. The van der Waals surface area contributed by atoms with Crippen molar-refractivity contribution in [3.63, 3.8) is 0 Å². The third-order valence-electron chi connectivity index (χ3n) is 5.38. The molecule has 138 valence electrons. The molecular weight excluding hydrogens is 370 g/mol. The molecule has 28 heavy (non-hydrogen) atoms. The second kappa shape index (κ2) is 6.84. The minimum Gasteiger partial charge on any atom is -0.468 e. The second-order valence-electron chi connectivity index (χ2n) is 7.07. The fourth-order valence-electron chi connectivity index (χ4n) is 4.00. The highest BCUT2D eigenvalue weighted by Gasteiger charge is 2.39. The fraction of sp³-hybridized carbons (Fsp3) is 0.125. The summed E-state index contributed by atoms with van der Waals surface area (Å²) in [5, 5.41) is 0.621. The summed E-state index contributed by atoms with van der Waals surface area (Å²) in [5.41, 5.74) is 3.53. The zero-order valence-corrected chi connectivity index (χ0v) is 15.8. The van der Waals surface area contributed by atoms with Crippen molar-refractivity contribution in [3.8, 4) is 5.75 Å². The van der Waals surface area contributed by atoms with Crippen molar-refractivity contribution in [1.82, 2.24) is 0 Å². The molecule has 2 aliphatic rings. The number of carbonyl (C=O) groups excluding carboxylic acids is 1. The van der Waals surface area contributed by atoms with Gasteiger partial charge < -0.3 is 9.64 Å². The van der Waals surface area contributed by atoms with Gasteiger partial charge in [0, 0.05) is 34.7 Å². The van der Waals surface area contributed by atoms with Crippen LogP contribution >= 0.6 is 11.6 Å². The molecule has 0 saturated heterocycles. The maximum Gasteiger partial charge on any atom is 0.191 e. The van der Waals surface area contributed by atoms with Gasteiger partial charge in [-0.05, 0) is 42.0 Å². The summed E-state index contributed by atoms with van der Waals surface area (Å²) in [5.74, 6) is 0.851. The van der Waals surface area contributed by atoms with E-state index < -0.39 is 0 Å². The van der Waals surface area contributed by atoms with Crippen LogP contribution in [0, 0.1) is 0 Å². The third-order valence-corrected chi connectivity index (χ3v) is 5.63. The number of benzene rings is 3. The van der Waals surface area contributed by atoms with E-state index in [1.807, 2.05) is 48.7 Å². The number of allylic oxidation sites excluding steroid dienone is 1. The number of Topliss-reactive ketones (excluding diaryl/α,β-unsaturated/α-hetero) is 1. The number of anilines is 1. The van der Waals surface area contributed by atoms with Crippen LogP contribution in [0.1, 0.15) is 28.3 Å². The van der Waals surface area contributed by atoms with Gasteiger partial charge in [-0.2, -0.15) is 0 Å². The molecule has 0 N–H and O–H groups in total. The Bertz CT molecular complexity index is 1060. The van der Waals surface area contributed by atoms with Gasteiger partial charge in [0.2, 0.25) is 0 Å². The first kappa shape index (κ1) is 17.1. The number of hydrogen-bond donors (Lipinski definition) is 0. The number of nitrogens with zero attached hydrogens (tertiary/aromatic N) is 1. The summed E-state index contributed by atoms with van der Waals surface area (Å²) in [6.07, 6.45) is 2.57. The van der Waals surface area contributed by atoms with Crippen LogP contribution in [-0.2, 0) is 0 Å². The second-order valence-corrected chi connectivity index (χ2v) is 7.50. The van der Waals surface area contributed by atoms with E-state index in [2.05, 4.69) is 17.0 Å². The molecule has 3 nitrogen and oxygen atoms in total. The Balaban J connectivity index is 1.60. The van der Waals surface area contributed by atoms with Gasteiger partial charge in [0.15, 0.2) is 12.0 Å². The van der Waals surface area contributed by atoms with E-state index in [-0.39, 0.29) is 17.9 Å². The first-order valence-corrected chi connectivity index (χ1v) is 9.69. The monoisotopic (exact) mass is 387 g/mol. The summed E-state index contributed by atoms with van der Waals surface area (Å²) in [6.45, 7) is 0. The molecule has 0 bridgehead atoms. The third kappa shape index (κ3) is 2.88. The van der Waals surface area contributed by atoms with Crippen LogP contribution in [0.15, 0.2) is 90.6 Å². The Hall–Kier alpha value is -3.04. The van der Waals surface area contributed by atoms with Crippen LogP contribution < -0.4 is 9.64 Å².